The minimum absolute atomic E-state index is 0.0225. The summed E-state index contributed by atoms with van der Waals surface area (Å²) >= 11 is 7.33. The number of fused-ring (bicyclic) bond motifs is 4. The van der Waals surface area contributed by atoms with Crippen molar-refractivity contribution in [3.05, 3.63) is 40.6 Å². The van der Waals surface area contributed by atoms with Gasteiger partial charge >= 0.3 is 5.97 Å². The number of nitrogens with one attached hydrogen (secondary N) is 2. The Labute approximate surface area is 242 Å². The van der Waals surface area contributed by atoms with Gasteiger partial charge in [-0.15, -0.1) is 11.3 Å². The molecule has 3 saturated carbocycles. The molecule has 2 atom stereocenters. The molecule has 7 rings (SSSR count). The molecular weight excluding hydrogens is 578 g/mol. The van der Waals surface area contributed by atoms with Crippen LogP contribution in [0.15, 0.2) is 24.5 Å². The molecule has 2 bridgehead atoms. The summed E-state index contributed by atoms with van der Waals surface area (Å²) in [7, 11) is 0. The summed E-state index contributed by atoms with van der Waals surface area (Å²) in [5.41, 5.74) is 0.926. The van der Waals surface area contributed by atoms with Crippen LogP contribution in [0.25, 0.3) is 33.1 Å². The summed E-state index contributed by atoms with van der Waals surface area (Å²) in [6.45, 7) is 2.12. The van der Waals surface area contributed by atoms with Crippen LogP contribution in [0.5, 0.6) is 0 Å². The number of thiophene rings is 1. The van der Waals surface area contributed by atoms with E-state index >= 15 is 4.39 Å². The molecule has 0 unspecified atom stereocenters. The predicted octanol–water partition coefficient (Wildman–Crippen LogP) is 5.80. The first-order chi connectivity index (χ1) is 19.9. The molecule has 4 aromatic rings. The molecule has 0 aliphatic heterocycles. The van der Waals surface area contributed by atoms with Gasteiger partial charge in [0, 0.05) is 18.8 Å². The van der Waals surface area contributed by atoms with E-state index in [0.717, 1.165) is 31.9 Å². The number of ether oxygens (including phenoxy) is 3. The number of anilines is 1. The lowest BCUT2D eigenvalue weighted by Gasteiger charge is -2.47. The maximum Gasteiger partial charge on any atom is 0.313 e. The van der Waals surface area contributed by atoms with Crippen LogP contribution < -0.4 is 5.32 Å². The van der Waals surface area contributed by atoms with Gasteiger partial charge in [0.05, 0.1) is 26.9 Å². The smallest absolute Gasteiger partial charge is 0.313 e. The molecule has 10 nitrogen and oxygen atoms in total. The first-order valence-corrected chi connectivity index (χ1v) is 14.5. The van der Waals surface area contributed by atoms with Gasteiger partial charge in [-0.2, -0.15) is 4.39 Å². The average molecular weight is 605 g/mol. The Kier molecular flexibility index (Phi) is 8.11. The Morgan fingerprint density at radius 3 is 2.68 bits per heavy atom. The highest BCUT2D eigenvalue weighted by molar-refractivity contribution is 7.19. The summed E-state index contributed by atoms with van der Waals surface area (Å²) in [5.74, 6) is -2.12. The zero-order valence-corrected chi connectivity index (χ0v) is 23.6. The van der Waals surface area contributed by atoms with Gasteiger partial charge in [-0.25, -0.2) is 24.3 Å². The third kappa shape index (κ3) is 5.63. The Balaban J connectivity index is 1.37. The Morgan fingerprint density at radius 2 is 1.93 bits per heavy atom. The van der Waals surface area contributed by atoms with Crippen LogP contribution in [0, 0.1) is 29.5 Å². The SMILES string of the molecule is CCOCOCOC(=O)[C@H]1C2CCC(CC2)[C@@H]1Nc1nc(-c2c[nH]c3ncc(F)nc23)nc(-c2ccc(Cl)s2)c1F. The van der Waals surface area contributed by atoms with E-state index in [1.165, 1.54) is 11.3 Å². The van der Waals surface area contributed by atoms with E-state index in [9.17, 15) is 9.18 Å². The highest BCUT2D eigenvalue weighted by Gasteiger charge is 2.48. The first kappa shape index (κ1) is 27.9. The largest absolute Gasteiger partial charge is 0.438 e. The predicted molar refractivity (Wildman–Crippen MR) is 148 cm³/mol. The number of aromatic nitrogens is 5. The van der Waals surface area contributed by atoms with Crippen molar-refractivity contribution in [3.8, 4) is 22.0 Å². The monoisotopic (exact) mass is 604 g/mol. The van der Waals surface area contributed by atoms with Gasteiger partial charge in [0.15, 0.2) is 36.7 Å². The maximum atomic E-state index is 16.1. The highest BCUT2D eigenvalue weighted by atomic mass is 35.5. The van der Waals surface area contributed by atoms with E-state index in [1.807, 2.05) is 6.92 Å². The van der Waals surface area contributed by atoms with Gasteiger partial charge < -0.3 is 24.5 Å². The van der Waals surface area contributed by atoms with Gasteiger partial charge in [0.25, 0.3) is 0 Å². The number of aromatic amines is 1. The molecule has 3 fully saturated rings. The molecule has 0 radical (unpaired) electrons. The second kappa shape index (κ2) is 11.9. The molecule has 4 aromatic heterocycles. The van der Waals surface area contributed by atoms with E-state index in [-0.39, 0.29) is 48.3 Å². The Morgan fingerprint density at radius 1 is 1.12 bits per heavy atom. The van der Waals surface area contributed by atoms with Crippen LogP contribution in [0.4, 0.5) is 14.6 Å². The summed E-state index contributed by atoms with van der Waals surface area (Å²) in [6.07, 6.45) is 6.13. The fourth-order valence-electron chi connectivity index (χ4n) is 5.83. The zero-order chi connectivity index (χ0) is 28.5. The van der Waals surface area contributed by atoms with Crippen molar-refractivity contribution < 1.29 is 27.8 Å². The molecule has 0 aromatic carbocycles. The molecule has 3 aliphatic rings. The van der Waals surface area contributed by atoms with Crippen LogP contribution in [-0.4, -0.2) is 57.1 Å². The molecular formula is C27H27ClF2N6O4S. The van der Waals surface area contributed by atoms with Gasteiger partial charge in [-0.3, -0.25) is 4.79 Å². The van der Waals surface area contributed by atoms with Crippen molar-refractivity contribution in [2.45, 2.75) is 38.6 Å². The number of nitrogens with zero attached hydrogens (tertiary/aromatic N) is 4. The molecule has 0 spiro atoms. The Hall–Kier alpha value is -3.26. The molecule has 0 saturated heterocycles. The third-order valence-electron chi connectivity index (χ3n) is 7.70. The minimum Gasteiger partial charge on any atom is -0.438 e. The van der Waals surface area contributed by atoms with Crippen LogP contribution >= 0.6 is 22.9 Å². The van der Waals surface area contributed by atoms with Gasteiger partial charge in [-0.05, 0) is 56.6 Å². The second-order valence-electron chi connectivity index (χ2n) is 10.0. The zero-order valence-electron chi connectivity index (χ0n) is 22.0. The lowest BCUT2D eigenvalue weighted by molar-refractivity contribution is -0.177. The normalized spacial score (nSPS) is 21.9. The highest BCUT2D eigenvalue weighted by Crippen LogP contribution is 2.47. The number of esters is 1. The van der Waals surface area contributed by atoms with Crippen molar-refractivity contribution in [3.63, 3.8) is 0 Å². The number of carbonyl (C=O) groups excluding carboxylic acids is 1. The van der Waals surface area contributed by atoms with E-state index in [4.69, 9.17) is 25.8 Å². The number of rotatable bonds is 10. The number of hydrogen-bond acceptors (Lipinski definition) is 10. The summed E-state index contributed by atoms with van der Waals surface area (Å²) < 4.78 is 46.4. The van der Waals surface area contributed by atoms with Crippen molar-refractivity contribution in [2.24, 2.45) is 17.8 Å². The topological polar surface area (TPSA) is 124 Å². The van der Waals surface area contributed by atoms with Gasteiger partial charge in [0.2, 0.25) is 5.95 Å². The summed E-state index contributed by atoms with van der Waals surface area (Å²) in [5, 5.41) is 3.26. The van der Waals surface area contributed by atoms with Crippen LogP contribution in [-0.2, 0) is 19.0 Å². The van der Waals surface area contributed by atoms with Gasteiger partial charge in [0.1, 0.15) is 11.2 Å². The Bertz CT molecular complexity index is 1560. The quantitative estimate of drug-likeness (QED) is 0.131. The van der Waals surface area contributed by atoms with Gasteiger partial charge in [-0.1, -0.05) is 11.6 Å². The molecule has 0 amide bonds. The van der Waals surface area contributed by atoms with E-state index < -0.39 is 29.7 Å². The summed E-state index contributed by atoms with van der Waals surface area (Å²) in [4.78, 5) is 33.7. The average Bonchev–Trinajstić information content (AvgIpc) is 3.60. The van der Waals surface area contributed by atoms with E-state index in [2.05, 4.69) is 30.2 Å². The third-order valence-corrected chi connectivity index (χ3v) is 8.94. The molecule has 216 valence electrons. The minimum atomic E-state index is -0.770. The van der Waals surface area contributed by atoms with Crippen molar-refractivity contribution >= 4 is 45.9 Å². The lowest BCUT2D eigenvalue weighted by atomic mass is 9.61. The van der Waals surface area contributed by atoms with E-state index in [1.54, 1.807) is 18.3 Å². The molecule has 41 heavy (non-hydrogen) atoms. The van der Waals surface area contributed by atoms with Crippen LogP contribution in [0.3, 0.4) is 0 Å². The molecule has 14 heteroatoms. The number of halogens is 3. The number of carbonyl (C=O) groups is 1. The summed E-state index contributed by atoms with van der Waals surface area (Å²) in [6, 6.07) is 2.91. The van der Waals surface area contributed by atoms with Crippen LogP contribution in [0.1, 0.15) is 32.6 Å². The van der Waals surface area contributed by atoms with Crippen molar-refractivity contribution in [1.82, 2.24) is 24.9 Å². The standard InChI is InChI=1S/C27H27ClF2N6O4S/c1-2-38-11-39-12-40-27(37)19-13-3-5-14(6-4-13)21(19)34-25-20(30)23(16-7-8-17(28)41-16)35-24(36-25)15-9-31-26-22(15)33-18(29)10-32-26/h7-10,13-14,19,21H,2-6,11-12H2,1H3,(H,31,32)(H,34,35,36)/t13?,14?,19-,21-/m0/s1. The lowest BCUT2D eigenvalue weighted by Crippen LogP contribution is -2.52. The molecule has 4 heterocycles. The van der Waals surface area contributed by atoms with Crippen molar-refractivity contribution in [2.75, 3.05) is 25.5 Å². The maximum absolute atomic E-state index is 16.1. The van der Waals surface area contributed by atoms with Crippen molar-refractivity contribution in [1.29, 1.82) is 0 Å². The fraction of sp³-hybridized carbons (Fsp3) is 0.444. The number of H-pyrrole nitrogens is 1. The van der Waals surface area contributed by atoms with E-state index in [0.29, 0.717) is 27.0 Å². The molecule has 3 aliphatic carbocycles. The molecule has 2 N–H and O–H groups in total. The second-order valence-corrected chi connectivity index (χ2v) is 11.7. The van der Waals surface area contributed by atoms with Crippen LogP contribution in [0.2, 0.25) is 4.34 Å². The fourth-order valence-corrected chi connectivity index (χ4v) is 6.86. The first-order valence-electron chi connectivity index (χ1n) is 13.3. The number of hydrogen-bond donors (Lipinski definition) is 2.